The molecule has 1 aromatic carbocycles. The number of halogens is 4. The number of aromatic nitrogens is 2. The largest absolute Gasteiger partial charge is 0.481 e. The lowest BCUT2D eigenvalue weighted by atomic mass is 9.96. The maximum Gasteiger partial charge on any atom is 0.394 e. The van der Waals surface area contributed by atoms with Gasteiger partial charge < -0.3 is 10.0 Å². The molecule has 0 bridgehead atoms. The van der Waals surface area contributed by atoms with Crippen molar-refractivity contribution >= 4 is 11.9 Å². The number of aliphatic carboxylic acids is 1. The Hall–Kier alpha value is -2.91. The van der Waals surface area contributed by atoms with Gasteiger partial charge in [-0.15, -0.1) is 0 Å². The molecule has 0 radical (unpaired) electrons. The van der Waals surface area contributed by atoms with Crippen LogP contribution in [0.25, 0.3) is 5.69 Å². The van der Waals surface area contributed by atoms with Gasteiger partial charge in [0.25, 0.3) is 5.91 Å². The van der Waals surface area contributed by atoms with Crippen LogP contribution in [0.15, 0.2) is 36.5 Å². The smallest absolute Gasteiger partial charge is 0.394 e. The second kappa shape index (κ2) is 6.43. The molecule has 6 nitrogen and oxygen atoms in total. The first-order chi connectivity index (χ1) is 12.2. The molecule has 0 spiro atoms. The van der Waals surface area contributed by atoms with Crippen molar-refractivity contribution in [3.05, 3.63) is 48.0 Å². The van der Waals surface area contributed by atoms with Crippen molar-refractivity contribution in [3.63, 3.8) is 0 Å². The van der Waals surface area contributed by atoms with Crippen LogP contribution in [0, 0.1) is 17.7 Å². The summed E-state index contributed by atoms with van der Waals surface area (Å²) in [6, 6.07) is 6.90. The van der Waals surface area contributed by atoms with Crippen molar-refractivity contribution in [1.29, 1.82) is 0 Å². The van der Waals surface area contributed by atoms with Crippen LogP contribution in [0.1, 0.15) is 10.5 Å². The summed E-state index contributed by atoms with van der Waals surface area (Å²) in [5, 5.41) is 12.9. The highest BCUT2D eigenvalue weighted by molar-refractivity contribution is 5.93. The molecule has 3 rings (SSSR count). The number of hydrogen-bond acceptors (Lipinski definition) is 3. The molecule has 1 amide bonds. The highest BCUT2D eigenvalue weighted by atomic mass is 19.4. The van der Waals surface area contributed by atoms with E-state index in [-0.39, 0.29) is 11.4 Å². The predicted octanol–water partition coefficient (Wildman–Crippen LogP) is 2.35. The third kappa shape index (κ3) is 3.26. The number of alkyl halides is 3. The van der Waals surface area contributed by atoms with Crippen LogP contribution in [0.4, 0.5) is 17.6 Å². The minimum atomic E-state index is -4.73. The van der Waals surface area contributed by atoms with Crippen molar-refractivity contribution in [2.75, 3.05) is 13.1 Å². The summed E-state index contributed by atoms with van der Waals surface area (Å²) < 4.78 is 53.9. The number of benzene rings is 1. The zero-order valence-electron chi connectivity index (χ0n) is 13.2. The summed E-state index contributed by atoms with van der Waals surface area (Å²) >= 11 is 0. The summed E-state index contributed by atoms with van der Waals surface area (Å²) in [6.45, 7) is -1.32. The predicted molar refractivity (Wildman–Crippen MR) is 80.1 cm³/mol. The van der Waals surface area contributed by atoms with Gasteiger partial charge in [-0.25, -0.2) is 9.07 Å². The molecule has 2 atom stereocenters. The van der Waals surface area contributed by atoms with Gasteiger partial charge in [0, 0.05) is 19.3 Å². The van der Waals surface area contributed by atoms with E-state index in [1.54, 1.807) is 6.07 Å². The fraction of sp³-hybridized carbons (Fsp3) is 0.312. The van der Waals surface area contributed by atoms with Crippen molar-refractivity contribution in [3.8, 4) is 5.69 Å². The van der Waals surface area contributed by atoms with Gasteiger partial charge in [-0.1, -0.05) is 12.1 Å². The van der Waals surface area contributed by atoms with E-state index in [1.807, 2.05) is 0 Å². The molecule has 1 fully saturated rings. The van der Waals surface area contributed by atoms with Gasteiger partial charge in [0.05, 0.1) is 11.8 Å². The molecular formula is C16H13F4N3O3. The zero-order chi connectivity index (χ0) is 19.1. The van der Waals surface area contributed by atoms with E-state index >= 15 is 0 Å². The van der Waals surface area contributed by atoms with E-state index in [2.05, 4.69) is 5.10 Å². The maximum absolute atomic E-state index is 13.8. The van der Waals surface area contributed by atoms with Gasteiger partial charge in [0.1, 0.15) is 11.5 Å². The molecule has 0 unspecified atom stereocenters. The quantitative estimate of drug-likeness (QED) is 0.841. The first-order valence-electron chi connectivity index (χ1n) is 7.58. The number of nitrogens with zero attached hydrogens (tertiary/aromatic N) is 3. The maximum atomic E-state index is 13.8. The second-order valence-electron chi connectivity index (χ2n) is 5.90. The van der Waals surface area contributed by atoms with Gasteiger partial charge in [-0.3, -0.25) is 9.59 Å². The number of carbonyl (C=O) groups is 2. The summed E-state index contributed by atoms with van der Waals surface area (Å²) in [4.78, 5) is 24.3. The average Bonchev–Trinajstić information content (AvgIpc) is 3.22. The van der Waals surface area contributed by atoms with Crippen LogP contribution >= 0.6 is 0 Å². The Kier molecular flexibility index (Phi) is 4.43. The molecule has 1 aliphatic rings. The number of carboxylic acid groups (broad SMARTS) is 1. The molecular weight excluding hydrogens is 358 g/mol. The van der Waals surface area contributed by atoms with Crippen molar-refractivity contribution in [2.24, 2.45) is 11.8 Å². The summed E-state index contributed by atoms with van der Waals surface area (Å²) in [6.07, 6.45) is -3.43. The average molecular weight is 371 g/mol. The lowest BCUT2D eigenvalue weighted by Crippen LogP contribution is -2.34. The summed E-state index contributed by atoms with van der Waals surface area (Å²) in [7, 11) is 0. The fourth-order valence-electron chi connectivity index (χ4n) is 2.92. The van der Waals surface area contributed by atoms with E-state index in [0.29, 0.717) is 0 Å². The molecule has 1 N–H and O–H groups in total. The molecule has 138 valence electrons. The van der Waals surface area contributed by atoms with Gasteiger partial charge >= 0.3 is 12.1 Å². The number of carbonyl (C=O) groups excluding carboxylic acids is 1. The molecule has 2 heterocycles. The van der Waals surface area contributed by atoms with E-state index in [9.17, 15) is 27.2 Å². The van der Waals surface area contributed by atoms with E-state index in [4.69, 9.17) is 5.11 Å². The van der Waals surface area contributed by atoms with Crippen LogP contribution in [0.3, 0.4) is 0 Å². The first-order valence-corrected chi connectivity index (χ1v) is 7.58. The van der Waals surface area contributed by atoms with Gasteiger partial charge in [0.2, 0.25) is 0 Å². The Morgan fingerprint density at radius 3 is 2.42 bits per heavy atom. The number of likely N-dealkylation sites (tertiary alicyclic amines) is 1. The zero-order valence-corrected chi connectivity index (χ0v) is 13.2. The standard InChI is InChI=1S/C16H13F4N3O3/c17-11-3-1-2-4-13(11)23-6-5-12(21-23)14(24)22-7-9(15(25)26)10(8-22)16(18,19)20/h1-6,9-10H,7-8H2,(H,25,26)/t9-,10-/m1/s1. The van der Waals surface area contributed by atoms with E-state index in [1.165, 1.54) is 30.5 Å². The Balaban J connectivity index is 1.82. The molecule has 2 aromatic rings. The minimum Gasteiger partial charge on any atom is -0.481 e. The molecule has 0 saturated carbocycles. The summed E-state index contributed by atoms with van der Waals surface area (Å²) in [5.41, 5.74) is -0.121. The van der Waals surface area contributed by atoms with Gasteiger partial charge in [-0.05, 0) is 18.2 Å². The Bertz CT molecular complexity index is 849. The monoisotopic (exact) mass is 371 g/mol. The molecule has 10 heteroatoms. The van der Waals surface area contributed by atoms with Crippen molar-refractivity contribution in [1.82, 2.24) is 14.7 Å². The number of para-hydroxylation sites is 1. The molecule has 1 aliphatic heterocycles. The third-order valence-corrected chi connectivity index (χ3v) is 4.25. The van der Waals surface area contributed by atoms with Crippen LogP contribution in [0.2, 0.25) is 0 Å². The molecule has 1 saturated heterocycles. The topological polar surface area (TPSA) is 75.4 Å². The van der Waals surface area contributed by atoms with Crippen LogP contribution in [0.5, 0.6) is 0 Å². The van der Waals surface area contributed by atoms with E-state index in [0.717, 1.165) is 9.58 Å². The van der Waals surface area contributed by atoms with Crippen LogP contribution in [-0.4, -0.2) is 50.9 Å². The Morgan fingerprint density at radius 2 is 1.85 bits per heavy atom. The highest BCUT2D eigenvalue weighted by Crippen LogP contribution is 2.38. The minimum absolute atomic E-state index is 0.0737. The first kappa shape index (κ1) is 17.9. The van der Waals surface area contributed by atoms with Crippen LogP contribution < -0.4 is 0 Å². The number of carboxylic acids is 1. The van der Waals surface area contributed by atoms with E-state index < -0.39 is 48.8 Å². The Labute approximate surface area is 144 Å². The highest BCUT2D eigenvalue weighted by Gasteiger charge is 2.53. The SMILES string of the molecule is O=C(O)[C@@H]1CN(C(=O)c2ccn(-c3ccccc3F)n2)C[C@H]1C(F)(F)F. The van der Waals surface area contributed by atoms with Crippen LogP contribution in [-0.2, 0) is 4.79 Å². The Morgan fingerprint density at radius 1 is 1.15 bits per heavy atom. The lowest BCUT2D eigenvalue weighted by molar-refractivity contribution is -0.187. The third-order valence-electron chi connectivity index (χ3n) is 4.25. The van der Waals surface area contributed by atoms with Gasteiger partial charge in [-0.2, -0.15) is 18.3 Å². The fourth-order valence-corrected chi connectivity index (χ4v) is 2.92. The van der Waals surface area contributed by atoms with Gasteiger partial charge in [0.15, 0.2) is 5.69 Å². The van der Waals surface area contributed by atoms with Crippen molar-refractivity contribution in [2.45, 2.75) is 6.18 Å². The molecule has 1 aromatic heterocycles. The summed E-state index contributed by atoms with van der Waals surface area (Å²) in [5.74, 6) is -6.90. The normalized spacial score (nSPS) is 20.4. The molecule has 26 heavy (non-hydrogen) atoms. The lowest BCUT2D eigenvalue weighted by Gasteiger charge is -2.18. The number of rotatable bonds is 3. The second-order valence-corrected chi connectivity index (χ2v) is 5.90. The number of amides is 1. The van der Waals surface area contributed by atoms with Crippen molar-refractivity contribution < 1.29 is 32.3 Å². The number of hydrogen-bond donors (Lipinski definition) is 1. The molecule has 0 aliphatic carbocycles.